The van der Waals surface area contributed by atoms with Gasteiger partial charge in [-0.25, -0.2) is 0 Å². The SMILES string of the molecule is CC(CO)CSCc1cccc(C(F)(F)F)c1. The molecule has 0 bridgehead atoms. The van der Waals surface area contributed by atoms with Gasteiger partial charge in [-0.15, -0.1) is 0 Å². The third-order valence-electron chi connectivity index (χ3n) is 2.24. The highest BCUT2D eigenvalue weighted by molar-refractivity contribution is 7.98. The molecule has 0 aliphatic carbocycles. The summed E-state index contributed by atoms with van der Waals surface area (Å²) in [7, 11) is 0. The number of aliphatic hydroxyl groups excluding tert-OH is 1. The fourth-order valence-corrected chi connectivity index (χ4v) is 2.31. The standard InChI is InChI=1S/C12H15F3OS/c1-9(6-16)7-17-8-10-3-2-4-11(5-10)12(13,14)15/h2-5,9,16H,6-8H2,1H3. The van der Waals surface area contributed by atoms with Gasteiger partial charge in [-0.3, -0.25) is 0 Å². The van der Waals surface area contributed by atoms with Gasteiger partial charge in [0.25, 0.3) is 0 Å². The summed E-state index contributed by atoms with van der Waals surface area (Å²) in [6.07, 6.45) is -4.28. The van der Waals surface area contributed by atoms with Gasteiger partial charge in [0.15, 0.2) is 0 Å². The zero-order valence-corrected chi connectivity index (χ0v) is 10.3. The van der Waals surface area contributed by atoms with Gasteiger partial charge in [-0.1, -0.05) is 25.1 Å². The molecule has 1 nitrogen and oxygen atoms in total. The molecule has 1 unspecified atom stereocenters. The number of rotatable bonds is 5. The minimum absolute atomic E-state index is 0.107. The average Bonchev–Trinajstić information content (AvgIpc) is 2.28. The van der Waals surface area contributed by atoms with Crippen LogP contribution in [0.3, 0.4) is 0 Å². The van der Waals surface area contributed by atoms with Crippen molar-refractivity contribution < 1.29 is 18.3 Å². The molecule has 5 heteroatoms. The average molecular weight is 264 g/mol. The quantitative estimate of drug-likeness (QED) is 0.877. The molecule has 1 N–H and O–H groups in total. The maximum atomic E-state index is 12.4. The van der Waals surface area contributed by atoms with Crippen molar-refractivity contribution in [2.45, 2.75) is 18.9 Å². The van der Waals surface area contributed by atoms with Gasteiger partial charge < -0.3 is 5.11 Å². The van der Waals surface area contributed by atoms with Gasteiger partial charge in [0.1, 0.15) is 0 Å². The van der Waals surface area contributed by atoms with Crippen LogP contribution in [0.25, 0.3) is 0 Å². The van der Waals surface area contributed by atoms with Crippen LogP contribution in [0.1, 0.15) is 18.1 Å². The molecule has 0 amide bonds. The van der Waals surface area contributed by atoms with E-state index < -0.39 is 11.7 Å². The van der Waals surface area contributed by atoms with E-state index in [0.29, 0.717) is 11.3 Å². The minimum atomic E-state index is -4.28. The van der Waals surface area contributed by atoms with Gasteiger partial charge in [0, 0.05) is 12.4 Å². The maximum Gasteiger partial charge on any atom is 0.416 e. The molecule has 0 aromatic heterocycles. The highest BCUT2D eigenvalue weighted by Gasteiger charge is 2.30. The molecule has 0 saturated heterocycles. The van der Waals surface area contributed by atoms with Gasteiger partial charge in [0.05, 0.1) is 5.56 Å². The first-order valence-corrected chi connectivity index (χ1v) is 6.43. The van der Waals surface area contributed by atoms with Gasteiger partial charge >= 0.3 is 6.18 Å². The zero-order valence-electron chi connectivity index (χ0n) is 9.50. The summed E-state index contributed by atoms with van der Waals surface area (Å²) in [5.41, 5.74) is 0.0563. The van der Waals surface area contributed by atoms with Crippen molar-refractivity contribution in [3.05, 3.63) is 35.4 Å². The zero-order chi connectivity index (χ0) is 12.9. The van der Waals surface area contributed by atoms with Crippen molar-refractivity contribution in [2.24, 2.45) is 5.92 Å². The summed E-state index contributed by atoms with van der Waals surface area (Å²) in [4.78, 5) is 0. The van der Waals surface area contributed by atoms with Crippen LogP contribution in [0.15, 0.2) is 24.3 Å². The summed E-state index contributed by atoms with van der Waals surface area (Å²) in [6.45, 7) is 2.01. The predicted octanol–water partition coefficient (Wildman–Crippen LogP) is 3.57. The van der Waals surface area contributed by atoms with Crippen LogP contribution < -0.4 is 0 Å². The van der Waals surface area contributed by atoms with E-state index in [1.807, 2.05) is 6.92 Å². The smallest absolute Gasteiger partial charge is 0.396 e. The lowest BCUT2D eigenvalue weighted by Crippen LogP contribution is -2.05. The number of halogens is 3. The van der Waals surface area contributed by atoms with Crippen molar-refractivity contribution in [3.8, 4) is 0 Å². The Morgan fingerprint density at radius 1 is 1.35 bits per heavy atom. The molecule has 0 radical (unpaired) electrons. The lowest BCUT2D eigenvalue weighted by Gasteiger charge is -2.10. The normalized spacial score (nSPS) is 13.7. The molecule has 1 rings (SSSR count). The number of thioether (sulfide) groups is 1. The molecule has 0 aliphatic rings. The Kier molecular flexibility index (Phi) is 5.33. The first-order valence-electron chi connectivity index (χ1n) is 5.28. The first-order chi connectivity index (χ1) is 7.93. The summed E-state index contributed by atoms with van der Waals surface area (Å²) in [5.74, 6) is 1.45. The van der Waals surface area contributed by atoms with Gasteiger partial charge in [0.2, 0.25) is 0 Å². The number of alkyl halides is 3. The number of hydrogen-bond acceptors (Lipinski definition) is 2. The Labute approximate surface area is 103 Å². The Hall–Kier alpha value is -0.680. The molecule has 0 heterocycles. The molecule has 0 spiro atoms. The summed E-state index contributed by atoms with van der Waals surface area (Å²) in [6, 6.07) is 5.36. The topological polar surface area (TPSA) is 20.2 Å². The molecule has 1 aromatic rings. The van der Waals surface area contributed by atoms with E-state index in [1.54, 1.807) is 6.07 Å². The second kappa shape index (κ2) is 6.31. The molecule has 0 aliphatic heterocycles. The maximum absolute atomic E-state index is 12.4. The Morgan fingerprint density at radius 2 is 2.06 bits per heavy atom. The van der Waals surface area contributed by atoms with E-state index in [0.717, 1.165) is 11.8 Å². The van der Waals surface area contributed by atoms with Crippen LogP contribution in [0.5, 0.6) is 0 Å². The Balaban J connectivity index is 2.55. The molecular formula is C12H15F3OS. The van der Waals surface area contributed by atoms with Crippen LogP contribution in [0.4, 0.5) is 13.2 Å². The second-order valence-electron chi connectivity index (χ2n) is 4.00. The van der Waals surface area contributed by atoms with Crippen molar-refractivity contribution >= 4 is 11.8 Å². The van der Waals surface area contributed by atoms with Gasteiger partial charge in [-0.2, -0.15) is 24.9 Å². The fourth-order valence-electron chi connectivity index (χ4n) is 1.27. The second-order valence-corrected chi connectivity index (χ2v) is 5.03. The molecule has 0 fully saturated rings. The van der Waals surface area contributed by atoms with E-state index in [1.165, 1.54) is 23.9 Å². The molecule has 17 heavy (non-hydrogen) atoms. The third-order valence-corrected chi connectivity index (χ3v) is 3.58. The fraction of sp³-hybridized carbons (Fsp3) is 0.500. The molecular weight excluding hydrogens is 249 g/mol. The lowest BCUT2D eigenvalue weighted by atomic mass is 10.1. The van der Waals surface area contributed by atoms with Crippen molar-refractivity contribution in [1.29, 1.82) is 0 Å². The first kappa shape index (κ1) is 14.4. The largest absolute Gasteiger partial charge is 0.416 e. The molecule has 96 valence electrons. The Bertz CT molecular complexity index is 352. The summed E-state index contributed by atoms with van der Waals surface area (Å²) >= 11 is 1.53. The molecule has 1 atom stereocenters. The third kappa shape index (κ3) is 5.00. The van der Waals surface area contributed by atoms with Crippen molar-refractivity contribution in [1.82, 2.24) is 0 Å². The van der Waals surface area contributed by atoms with E-state index in [2.05, 4.69) is 0 Å². The van der Waals surface area contributed by atoms with E-state index >= 15 is 0 Å². The van der Waals surface area contributed by atoms with Crippen LogP contribution in [0.2, 0.25) is 0 Å². The number of hydrogen-bond donors (Lipinski definition) is 1. The highest BCUT2D eigenvalue weighted by atomic mass is 32.2. The van der Waals surface area contributed by atoms with E-state index in [9.17, 15) is 13.2 Å². The van der Waals surface area contributed by atoms with E-state index in [4.69, 9.17) is 5.11 Å². The monoisotopic (exact) mass is 264 g/mol. The van der Waals surface area contributed by atoms with Crippen molar-refractivity contribution in [2.75, 3.05) is 12.4 Å². The van der Waals surface area contributed by atoms with Crippen LogP contribution >= 0.6 is 11.8 Å². The number of aliphatic hydroxyl groups is 1. The van der Waals surface area contributed by atoms with Crippen LogP contribution in [-0.4, -0.2) is 17.5 Å². The predicted molar refractivity (Wildman–Crippen MR) is 63.9 cm³/mol. The number of benzene rings is 1. The summed E-state index contributed by atoms with van der Waals surface area (Å²) in [5, 5.41) is 8.82. The minimum Gasteiger partial charge on any atom is -0.396 e. The summed E-state index contributed by atoms with van der Waals surface area (Å²) < 4.78 is 37.3. The molecule has 1 aromatic carbocycles. The van der Waals surface area contributed by atoms with Crippen LogP contribution in [0, 0.1) is 5.92 Å². The lowest BCUT2D eigenvalue weighted by molar-refractivity contribution is -0.137. The van der Waals surface area contributed by atoms with E-state index in [-0.39, 0.29) is 12.5 Å². The van der Waals surface area contributed by atoms with Crippen molar-refractivity contribution in [3.63, 3.8) is 0 Å². The molecule has 0 saturated carbocycles. The Morgan fingerprint density at radius 3 is 2.65 bits per heavy atom. The van der Waals surface area contributed by atoms with Gasteiger partial charge in [-0.05, 0) is 23.3 Å². The highest BCUT2D eigenvalue weighted by Crippen LogP contribution is 2.30. The van der Waals surface area contributed by atoms with Crippen LogP contribution in [-0.2, 0) is 11.9 Å².